The summed E-state index contributed by atoms with van der Waals surface area (Å²) in [4.78, 5) is 8.65. The zero-order valence-electron chi connectivity index (χ0n) is 11.8. The lowest BCUT2D eigenvalue weighted by Gasteiger charge is -2.22. The first-order valence-corrected chi connectivity index (χ1v) is 6.62. The third-order valence-corrected chi connectivity index (χ3v) is 3.01. The standard InChI is InChI=1S/C13H27N3O/c1-15(2)13(16(3)4)14-10-7-11-17-12-8-5-6-9-12/h12H,5-11H2,1-4H3. The van der Waals surface area contributed by atoms with E-state index in [-0.39, 0.29) is 0 Å². The van der Waals surface area contributed by atoms with Crippen molar-refractivity contribution in [1.82, 2.24) is 9.80 Å². The first kappa shape index (κ1) is 14.3. The van der Waals surface area contributed by atoms with Gasteiger partial charge in [-0.3, -0.25) is 4.99 Å². The minimum Gasteiger partial charge on any atom is -0.378 e. The van der Waals surface area contributed by atoms with E-state index in [2.05, 4.69) is 4.99 Å². The van der Waals surface area contributed by atoms with E-state index in [0.29, 0.717) is 6.10 Å². The SMILES string of the molecule is CN(C)C(=NCCCOC1CCCC1)N(C)C. The second-order valence-corrected chi connectivity index (χ2v) is 5.10. The molecule has 0 unspecified atom stereocenters. The van der Waals surface area contributed by atoms with Crippen LogP contribution in [0.15, 0.2) is 4.99 Å². The summed E-state index contributed by atoms with van der Waals surface area (Å²) in [5, 5.41) is 0. The highest BCUT2D eigenvalue weighted by atomic mass is 16.5. The molecule has 100 valence electrons. The maximum Gasteiger partial charge on any atom is 0.195 e. The maximum atomic E-state index is 5.81. The van der Waals surface area contributed by atoms with E-state index in [4.69, 9.17) is 4.74 Å². The summed E-state index contributed by atoms with van der Waals surface area (Å²) in [5.74, 6) is 1.02. The zero-order chi connectivity index (χ0) is 12.7. The Bertz CT molecular complexity index is 223. The summed E-state index contributed by atoms with van der Waals surface area (Å²) < 4.78 is 5.81. The van der Waals surface area contributed by atoms with Gasteiger partial charge in [0.1, 0.15) is 0 Å². The Morgan fingerprint density at radius 1 is 1.12 bits per heavy atom. The molecule has 0 bridgehead atoms. The Labute approximate surface area is 106 Å². The van der Waals surface area contributed by atoms with Crippen LogP contribution in [-0.2, 0) is 4.74 Å². The Kier molecular flexibility index (Phi) is 6.34. The third-order valence-electron chi connectivity index (χ3n) is 3.01. The fraction of sp³-hybridized carbons (Fsp3) is 0.923. The van der Waals surface area contributed by atoms with Crippen LogP contribution in [0, 0.1) is 0 Å². The largest absolute Gasteiger partial charge is 0.378 e. The quantitative estimate of drug-likeness (QED) is 0.417. The zero-order valence-corrected chi connectivity index (χ0v) is 11.8. The van der Waals surface area contributed by atoms with Crippen molar-refractivity contribution < 1.29 is 4.74 Å². The van der Waals surface area contributed by atoms with Gasteiger partial charge < -0.3 is 14.5 Å². The van der Waals surface area contributed by atoms with E-state index < -0.39 is 0 Å². The Hall–Kier alpha value is -0.770. The smallest absolute Gasteiger partial charge is 0.195 e. The minimum atomic E-state index is 0.529. The van der Waals surface area contributed by atoms with Crippen molar-refractivity contribution in [3.05, 3.63) is 0 Å². The van der Waals surface area contributed by atoms with Gasteiger partial charge in [-0.2, -0.15) is 0 Å². The number of ether oxygens (including phenoxy) is 1. The number of aliphatic imine (C=N–C) groups is 1. The van der Waals surface area contributed by atoms with Crippen molar-refractivity contribution in [3.8, 4) is 0 Å². The van der Waals surface area contributed by atoms with E-state index in [1.54, 1.807) is 0 Å². The van der Waals surface area contributed by atoms with Crippen LogP contribution in [0.1, 0.15) is 32.1 Å². The highest BCUT2D eigenvalue weighted by Crippen LogP contribution is 2.20. The molecule has 0 saturated heterocycles. The van der Waals surface area contributed by atoms with Crippen LogP contribution in [-0.4, -0.2) is 63.2 Å². The van der Waals surface area contributed by atoms with Gasteiger partial charge in [-0.25, -0.2) is 0 Å². The van der Waals surface area contributed by atoms with Crippen molar-refractivity contribution in [3.63, 3.8) is 0 Å². The van der Waals surface area contributed by atoms with Crippen LogP contribution < -0.4 is 0 Å². The van der Waals surface area contributed by atoms with E-state index in [1.165, 1.54) is 25.7 Å². The molecule has 0 N–H and O–H groups in total. The highest BCUT2D eigenvalue weighted by Gasteiger charge is 2.14. The van der Waals surface area contributed by atoms with Gasteiger partial charge in [0, 0.05) is 41.3 Å². The maximum absolute atomic E-state index is 5.81. The molecule has 0 aliphatic heterocycles. The molecule has 0 radical (unpaired) electrons. The molecule has 1 rings (SSSR count). The van der Waals surface area contributed by atoms with E-state index in [0.717, 1.165) is 25.5 Å². The number of hydrogen-bond donors (Lipinski definition) is 0. The second-order valence-electron chi connectivity index (χ2n) is 5.10. The average Bonchev–Trinajstić information content (AvgIpc) is 2.74. The van der Waals surface area contributed by atoms with Gasteiger partial charge in [-0.15, -0.1) is 0 Å². The third kappa shape index (κ3) is 5.39. The summed E-state index contributed by atoms with van der Waals surface area (Å²) in [6.45, 7) is 1.70. The first-order valence-electron chi connectivity index (χ1n) is 6.62. The summed E-state index contributed by atoms with van der Waals surface area (Å²) in [6, 6.07) is 0. The summed E-state index contributed by atoms with van der Waals surface area (Å²) >= 11 is 0. The van der Waals surface area contributed by atoms with Gasteiger partial charge in [-0.05, 0) is 19.3 Å². The number of hydrogen-bond acceptors (Lipinski definition) is 2. The topological polar surface area (TPSA) is 28.1 Å². The van der Waals surface area contributed by atoms with E-state index in [1.807, 2.05) is 38.0 Å². The normalized spacial score (nSPS) is 16.0. The predicted molar refractivity (Wildman–Crippen MR) is 72.5 cm³/mol. The Morgan fingerprint density at radius 3 is 2.24 bits per heavy atom. The first-order chi connectivity index (χ1) is 8.11. The molecule has 0 spiro atoms. The molecule has 1 saturated carbocycles. The van der Waals surface area contributed by atoms with Gasteiger partial charge >= 0.3 is 0 Å². The van der Waals surface area contributed by atoms with Crippen LogP contribution in [0.3, 0.4) is 0 Å². The molecule has 1 aliphatic rings. The van der Waals surface area contributed by atoms with Crippen molar-refractivity contribution in [2.24, 2.45) is 4.99 Å². The molecule has 0 aromatic heterocycles. The van der Waals surface area contributed by atoms with Crippen LogP contribution in [0.5, 0.6) is 0 Å². The van der Waals surface area contributed by atoms with Crippen LogP contribution in [0.2, 0.25) is 0 Å². The number of guanidine groups is 1. The van der Waals surface area contributed by atoms with Gasteiger partial charge in [-0.1, -0.05) is 12.8 Å². The molecule has 0 heterocycles. The Morgan fingerprint density at radius 2 is 1.71 bits per heavy atom. The molecule has 0 aromatic rings. The van der Waals surface area contributed by atoms with Crippen LogP contribution in [0.25, 0.3) is 0 Å². The number of rotatable bonds is 5. The molecule has 0 aromatic carbocycles. The molecule has 17 heavy (non-hydrogen) atoms. The monoisotopic (exact) mass is 241 g/mol. The molecule has 1 fully saturated rings. The van der Waals surface area contributed by atoms with Crippen molar-refractivity contribution in [2.45, 2.75) is 38.2 Å². The highest BCUT2D eigenvalue weighted by molar-refractivity contribution is 5.79. The van der Waals surface area contributed by atoms with Crippen molar-refractivity contribution >= 4 is 5.96 Å². The average molecular weight is 241 g/mol. The second kappa shape index (κ2) is 7.54. The minimum absolute atomic E-state index is 0.529. The number of nitrogens with zero attached hydrogens (tertiary/aromatic N) is 3. The lowest BCUT2D eigenvalue weighted by atomic mass is 10.3. The molecule has 0 amide bonds. The van der Waals surface area contributed by atoms with Crippen LogP contribution in [0.4, 0.5) is 0 Å². The fourth-order valence-corrected chi connectivity index (χ4v) is 2.23. The molecule has 0 atom stereocenters. The van der Waals surface area contributed by atoms with Crippen LogP contribution >= 0.6 is 0 Å². The van der Waals surface area contributed by atoms with E-state index in [9.17, 15) is 0 Å². The van der Waals surface area contributed by atoms with Gasteiger partial charge in [0.15, 0.2) is 5.96 Å². The van der Waals surface area contributed by atoms with E-state index >= 15 is 0 Å². The van der Waals surface area contributed by atoms with Gasteiger partial charge in [0.2, 0.25) is 0 Å². The summed E-state index contributed by atoms with van der Waals surface area (Å²) in [5.41, 5.74) is 0. The predicted octanol–water partition coefficient (Wildman–Crippen LogP) is 1.81. The molecular formula is C13H27N3O. The van der Waals surface area contributed by atoms with Crippen molar-refractivity contribution in [1.29, 1.82) is 0 Å². The van der Waals surface area contributed by atoms with Gasteiger partial charge in [0.25, 0.3) is 0 Å². The van der Waals surface area contributed by atoms with Crippen molar-refractivity contribution in [2.75, 3.05) is 41.3 Å². The molecule has 4 nitrogen and oxygen atoms in total. The lowest BCUT2D eigenvalue weighted by Crippen LogP contribution is -2.35. The Balaban J connectivity index is 2.14. The molecule has 1 aliphatic carbocycles. The lowest BCUT2D eigenvalue weighted by molar-refractivity contribution is 0.0579. The molecule has 4 heteroatoms. The van der Waals surface area contributed by atoms with Gasteiger partial charge in [0.05, 0.1) is 6.10 Å². The summed E-state index contributed by atoms with van der Waals surface area (Å²) in [6.07, 6.45) is 6.74. The summed E-state index contributed by atoms with van der Waals surface area (Å²) in [7, 11) is 8.09. The molecular weight excluding hydrogens is 214 g/mol. The fourth-order valence-electron chi connectivity index (χ4n) is 2.23.